The molecule has 4 aromatic rings. The van der Waals surface area contributed by atoms with Crippen molar-refractivity contribution in [1.82, 2.24) is 4.98 Å². The van der Waals surface area contributed by atoms with Gasteiger partial charge in [-0.3, -0.25) is 14.5 Å². The molecule has 3 aromatic carbocycles. The van der Waals surface area contributed by atoms with Crippen LogP contribution in [0.4, 0.5) is 5.13 Å². The molecule has 38 heavy (non-hydrogen) atoms. The van der Waals surface area contributed by atoms with Gasteiger partial charge in [0, 0.05) is 12.0 Å². The molecule has 1 fully saturated rings. The van der Waals surface area contributed by atoms with Crippen molar-refractivity contribution in [3.63, 3.8) is 0 Å². The molecule has 2 atom stereocenters. The topological polar surface area (TPSA) is 98.2 Å². The minimum Gasteiger partial charge on any atom is -0.507 e. The number of anilines is 1. The van der Waals surface area contributed by atoms with Crippen LogP contribution in [0.25, 0.3) is 16.0 Å². The summed E-state index contributed by atoms with van der Waals surface area (Å²) in [6, 6.07) is 16.9. The number of ketones is 1. The van der Waals surface area contributed by atoms with Gasteiger partial charge in [-0.25, -0.2) is 4.98 Å². The zero-order valence-corrected chi connectivity index (χ0v) is 21.7. The average Bonchev–Trinajstić information content (AvgIpc) is 3.59. The molecule has 1 amide bonds. The number of hydrogen-bond acceptors (Lipinski definition) is 8. The minimum absolute atomic E-state index is 0.00740. The van der Waals surface area contributed by atoms with Crippen molar-refractivity contribution in [2.24, 2.45) is 0 Å². The smallest absolute Gasteiger partial charge is 0.301 e. The van der Waals surface area contributed by atoms with E-state index in [1.54, 1.807) is 62.8 Å². The highest BCUT2D eigenvalue weighted by Crippen LogP contribution is 2.45. The Balaban J connectivity index is 1.53. The maximum Gasteiger partial charge on any atom is 0.301 e. The highest BCUT2D eigenvalue weighted by atomic mass is 32.1. The number of aromatic nitrogens is 1. The highest BCUT2D eigenvalue weighted by molar-refractivity contribution is 7.22. The van der Waals surface area contributed by atoms with Gasteiger partial charge in [0.2, 0.25) is 0 Å². The summed E-state index contributed by atoms with van der Waals surface area (Å²) < 4.78 is 17.3. The van der Waals surface area contributed by atoms with Gasteiger partial charge in [-0.2, -0.15) is 0 Å². The van der Waals surface area contributed by atoms with Gasteiger partial charge >= 0.3 is 5.91 Å². The number of hydrogen-bond donors (Lipinski definition) is 1. The van der Waals surface area contributed by atoms with Crippen molar-refractivity contribution >= 4 is 44.1 Å². The third-order valence-corrected chi connectivity index (χ3v) is 7.83. The molecule has 9 heteroatoms. The molecule has 2 aliphatic heterocycles. The summed E-state index contributed by atoms with van der Waals surface area (Å²) >= 11 is 1.27. The van der Waals surface area contributed by atoms with E-state index in [0.29, 0.717) is 39.7 Å². The SMILES string of the molecule is COc1cccc(C2/C(=C(/O)c3ccc4c(c3)CC(C)O4)C(=O)C(=O)N2c2nc3ccc(OC)cc3s2)c1. The van der Waals surface area contributed by atoms with Crippen molar-refractivity contribution in [3.8, 4) is 17.2 Å². The molecule has 2 aliphatic rings. The van der Waals surface area contributed by atoms with Crippen LogP contribution in [0.15, 0.2) is 66.2 Å². The Morgan fingerprint density at radius 1 is 1.05 bits per heavy atom. The Bertz CT molecular complexity index is 1640. The standard InChI is InChI=1S/C29H24N2O6S/c1-15-11-18-12-17(7-10-22(18)37-15)26(32)24-25(16-5-4-6-19(13-16)35-2)31(28(34)27(24)33)29-30-21-9-8-20(36-3)14-23(21)38-29/h4-10,12-15,25,32H,11H2,1-3H3/b26-24-. The Morgan fingerprint density at radius 3 is 2.63 bits per heavy atom. The molecule has 0 bridgehead atoms. The van der Waals surface area contributed by atoms with E-state index in [2.05, 4.69) is 4.98 Å². The molecule has 0 saturated carbocycles. The number of benzene rings is 3. The third kappa shape index (κ3) is 3.86. The van der Waals surface area contributed by atoms with Gasteiger partial charge < -0.3 is 19.3 Å². The van der Waals surface area contributed by atoms with Crippen LogP contribution in [0.2, 0.25) is 0 Å². The number of Topliss-reactive ketones (excluding diaryl/α,β-unsaturated/α-hetero) is 1. The van der Waals surface area contributed by atoms with Crippen molar-refractivity contribution < 1.29 is 28.9 Å². The Hall–Kier alpha value is -4.37. The fraction of sp³-hybridized carbons (Fsp3) is 0.207. The van der Waals surface area contributed by atoms with Crippen LogP contribution >= 0.6 is 11.3 Å². The first-order valence-corrected chi connectivity index (χ1v) is 12.9. The Kier molecular flexibility index (Phi) is 5.80. The number of carbonyl (C=O) groups is 2. The van der Waals surface area contributed by atoms with E-state index < -0.39 is 17.7 Å². The molecule has 1 N–H and O–H groups in total. The highest BCUT2D eigenvalue weighted by Gasteiger charge is 2.48. The number of aliphatic hydroxyl groups is 1. The average molecular weight is 529 g/mol. The van der Waals surface area contributed by atoms with Crippen LogP contribution in [-0.4, -0.2) is 42.1 Å². The zero-order valence-electron chi connectivity index (χ0n) is 20.9. The molecule has 0 aliphatic carbocycles. The number of thiazole rings is 1. The minimum atomic E-state index is -0.906. The monoisotopic (exact) mass is 528 g/mol. The van der Waals surface area contributed by atoms with Crippen LogP contribution in [0.3, 0.4) is 0 Å². The molecule has 3 heterocycles. The molecule has 8 nitrogen and oxygen atoms in total. The van der Waals surface area contributed by atoms with Gasteiger partial charge in [0.15, 0.2) is 5.13 Å². The van der Waals surface area contributed by atoms with Crippen molar-refractivity contribution in [2.75, 3.05) is 19.1 Å². The van der Waals surface area contributed by atoms with Gasteiger partial charge in [-0.1, -0.05) is 23.5 Å². The van der Waals surface area contributed by atoms with Crippen LogP contribution in [0.5, 0.6) is 17.2 Å². The summed E-state index contributed by atoms with van der Waals surface area (Å²) in [6.45, 7) is 1.97. The van der Waals surface area contributed by atoms with Crippen LogP contribution in [0, 0.1) is 0 Å². The van der Waals surface area contributed by atoms with Crippen LogP contribution in [0.1, 0.15) is 29.7 Å². The number of ether oxygens (including phenoxy) is 3. The summed E-state index contributed by atoms with van der Waals surface area (Å²) in [7, 11) is 3.13. The Morgan fingerprint density at radius 2 is 1.84 bits per heavy atom. The molecular formula is C29H24N2O6S. The second-order valence-corrected chi connectivity index (χ2v) is 10.2. The summed E-state index contributed by atoms with van der Waals surface area (Å²) in [4.78, 5) is 33.1. The molecule has 2 unspecified atom stereocenters. The Labute approximate surface area is 222 Å². The number of carbonyl (C=O) groups excluding carboxylic acids is 2. The van der Waals surface area contributed by atoms with Gasteiger partial charge in [0.05, 0.1) is 36.1 Å². The first kappa shape index (κ1) is 24.0. The van der Waals surface area contributed by atoms with Crippen LogP contribution < -0.4 is 19.1 Å². The number of fused-ring (bicyclic) bond motifs is 2. The van der Waals surface area contributed by atoms with Crippen molar-refractivity contribution in [2.45, 2.75) is 25.5 Å². The lowest BCUT2D eigenvalue weighted by atomic mass is 9.94. The van der Waals surface area contributed by atoms with E-state index in [1.165, 1.54) is 16.2 Å². The van der Waals surface area contributed by atoms with E-state index in [4.69, 9.17) is 14.2 Å². The normalized spacial score (nSPS) is 20.0. The molecular weight excluding hydrogens is 504 g/mol. The molecule has 0 radical (unpaired) electrons. The maximum atomic E-state index is 13.5. The first-order valence-electron chi connectivity index (χ1n) is 12.1. The fourth-order valence-electron chi connectivity index (χ4n) is 5.00. The molecule has 0 spiro atoms. The lowest BCUT2D eigenvalue weighted by Crippen LogP contribution is -2.29. The second-order valence-electron chi connectivity index (χ2n) is 9.23. The number of nitrogens with zero attached hydrogens (tertiary/aromatic N) is 2. The number of aliphatic hydroxyl groups excluding tert-OH is 1. The molecule has 6 rings (SSSR count). The van der Waals surface area contributed by atoms with E-state index in [9.17, 15) is 14.7 Å². The summed E-state index contributed by atoms with van der Waals surface area (Å²) in [5.41, 5.74) is 2.66. The van der Waals surface area contributed by atoms with Crippen LogP contribution in [-0.2, 0) is 16.0 Å². The number of rotatable bonds is 5. The predicted octanol–water partition coefficient (Wildman–Crippen LogP) is 5.26. The van der Waals surface area contributed by atoms with E-state index >= 15 is 0 Å². The maximum absolute atomic E-state index is 13.5. The van der Waals surface area contributed by atoms with Gasteiger partial charge in [0.1, 0.15) is 29.1 Å². The summed E-state index contributed by atoms with van der Waals surface area (Å²) in [6.07, 6.45) is 0.724. The third-order valence-electron chi connectivity index (χ3n) is 6.81. The summed E-state index contributed by atoms with van der Waals surface area (Å²) in [5, 5.41) is 11.9. The van der Waals surface area contributed by atoms with E-state index in [-0.39, 0.29) is 17.4 Å². The van der Waals surface area contributed by atoms with Gasteiger partial charge in [-0.05, 0) is 66.6 Å². The fourth-order valence-corrected chi connectivity index (χ4v) is 6.03. The lowest BCUT2D eigenvalue weighted by Gasteiger charge is -2.23. The second kappa shape index (κ2) is 9.18. The zero-order chi connectivity index (χ0) is 26.6. The number of amides is 1. The largest absolute Gasteiger partial charge is 0.507 e. The van der Waals surface area contributed by atoms with E-state index in [0.717, 1.165) is 16.0 Å². The molecule has 192 valence electrons. The quantitative estimate of drug-likeness (QED) is 0.214. The molecule has 1 aromatic heterocycles. The van der Waals surface area contributed by atoms with Gasteiger partial charge in [-0.15, -0.1) is 0 Å². The predicted molar refractivity (Wildman–Crippen MR) is 144 cm³/mol. The van der Waals surface area contributed by atoms with Gasteiger partial charge in [0.25, 0.3) is 5.78 Å². The summed E-state index contributed by atoms with van der Waals surface area (Å²) in [5.74, 6) is 0.188. The lowest BCUT2D eigenvalue weighted by molar-refractivity contribution is -0.132. The number of methoxy groups -OCH3 is 2. The first-order chi connectivity index (χ1) is 18.4. The molecule has 1 saturated heterocycles. The van der Waals surface area contributed by atoms with Crippen molar-refractivity contribution in [1.29, 1.82) is 0 Å². The van der Waals surface area contributed by atoms with Crippen molar-refractivity contribution in [3.05, 3.63) is 82.9 Å². The van der Waals surface area contributed by atoms with E-state index in [1.807, 2.05) is 19.1 Å².